The predicted octanol–water partition coefficient (Wildman–Crippen LogP) is 1.22. The number of methoxy groups -OCH3 is 1. The van der Waals surface area contributed by atoms with Gasteiger partial charge in [0.15, 0.2) is 5.11 Å². The highest BCUT2D eigenvalue weighted by Gasteiger charge is 2.04. The van der Waals surface area contributed by atoms with Crippen LogP contribution in [0.5, 0.6) is 5.75 Å². The van der Waals surface area contributed by atoms with E-state index in [4.69, 9.17) is 28.0 Å². The van der Waals surface area contributed by atoms with Gasteiger partial charge in [0.2, 0.25) is 0 Å². The maximum atomic E-state index is 8.68. The summed E-state index contributed by atoms with van der Waals surface area (Å²) >= 11 is 4.69. The molecule has 1 aromatic carbocycles. The molecule has 0 radical (unpaired) electrons. The minimum Gasteiger partial charge on any atom is -0.495 e. The van der Waals surface area contributed by atoms with Gasteiger partial charge in [0.05, 0.1) is 24.4 Å². The van der Waals surface area contributed by atoms with Gasteiger partial charge in [-0.3, -0.25) is 0 Å². The van der Waals surface area contributed by atoms with E-state index < -0.39 is 0 Å². The van der Waals surface area contributed by atoms with E-state index in [0.717, 1.165) is 0 Å². The Hall–Kier alpha value is -1.80. The van der Waals surface area contributed by atoms with Gasteiger partial charge in [0.25, 0.3) is 0 Å². The molecule has 1 rings (SSSR count). The number of anilines is 1. The van der Waals surface area contributed by atoms with Gasteiger partial charge in [-0.15, -0.1) is 0 Å². The van der Waals surface area contributed by atoms with Crippen LogP contribution in [0.25, 0.3) is 0 Å². The van der Waals surface area contributed by atoms with E-state index in [1.54, 1.807) is 18.2 Å². The van der Waals surface area contributed by atoms with Crippen LogP contribution < -0.4 is 15.8 Å². The number of hydrogen-bond donors (Lipinski definition) is 2. The lowest BCUT2D eigenvalue weighted by molar-refractivity contribution is 0.417. The van der Waals surface area contributed by atoms with Crippen LogP contribution in [0.2, 0.25) is 0 Å². The first kappa shape index (κ1) is 10.3. The Morgan fingerprint density at radius 1 is 1.64 bits per heavy atom. The molecule has 0 amide bonds. The van der Waals surface area contributed by atoms with Crippen molar-refractivity contribution in [3.8, 4) is 11.8 Å². The van der Waals surface area contributed by atoms with Crippen molar-refractivity contribution in [1.82, 2.24) is 0 Å². The average molecular weight is 207 g/mol. The number of ether oxygens (including phenoxy) is 1. The van der Waals surface area contributed by atoms with Gasteiger partial charge in [-0.25, -0.2) is 0 Å². The molecule has 72 valence electrons. The lowest BCUT2D eigenvalue weighted by Gasteiger charge is -2.09. The van der Waals surface area contributed by atoms with Crippen LogP contribution in [0.3, 0.4) is 0 Å². The second kappa shape index (κ2) is 4.44. The average Bonchev–Trinajstić information content (AvgIpc) is 2.16. The Morgan fingerprint density at radius 2 is 2.36 bits per heavy atom. The first-order valence-electron chi connectivity index (χ1n) is 3.82. The molecule has 5 heteroatoms. The smallest absolute Gasteiger partial charge is 0.168 e. The Kier molecular flexibility index (Phi) is 3.26. The summed E-state index contributed by atoms with van der Waals surface area (Å²) in [5, 5.41) is 11.5. The first-order chi connectivity index (χ1) is 6.67. The minimum atomic E-state index is 0.137. The van der Waals surface area contributed by atoms with E-state index in [9.17, 15) is 0 Å². The molecule has 4 nitrogen and oxygen atoms in total. The summed E-state index contributed by atoms with van der Waals surface area (Å²) < 4.78 is 5.06. The van der Waals surface area contributed by atoms with Crippen LogP contribution in [0.4, 0.5) is 5.69 Å². The maximum absolute atomic E-state index is 8.68. The summed E-state index contributed by atoms with van der Waals surface area (Å²) in [6.45, 7) is 0. The van der Waals surface area contributed by atoms with E-state index in [1.807, 2.05) is 6.07 Å². The second-order valence-electron chi connectivity index (χ2n) is 2.52. The fourth-order valence-corrected chi connectivity index (χ4v) is 1.12. The minimum absolute atomic E-state index is 0.137. The summed E-state index contributed by atoms with van der Waals surface area (Å²) in [7, 11) is 1.53. The molecule has 0 aromatic heterocycles. The fourth-order valence-electron chi connectivity index (χ4n) is 1.01. The van der Waals surface area contributed by atoms with Gasteiger partial charge in [0, 0.05) is 0 Å². The topological polar surface area (TPSA) is 71.1 Å². The first-order valence-corrected chi connectivity index (χ1v) is 4.23. The molecule has 0 atom stereocenters. The summed E-state index contributed by atoms with van der Waals surface area (Å²) in [6.07, 6.45) is 0. The highest BCUT2D eigenvalue weighted by Crippen LogP contribution is 2.24. The van der Waals surface area contributed by atoms with Crippen molar-refractivity contribution in [1.29, 1.82) is 5.26 Å². The summed E-state index contributed by atoms with van der Waals surface area (Å²) in [6, 6.07) is 6.97. The number of nitrogens with zero attached hydrogens (tertiary/aromatic N) is 1. The fraction of sp³-hybridized carbons (Fsp3) is 0.111. The number of benzene rings is 1. The molecule has 14 heavy (non-hydrogen) atoms. The molecule has 0 aliphatic carbocycles. The van der Waals surface area contributed by atoms with Crippen LogP contribution in [-0.4, -0.2) is 12.2 Å². The zero-order valence-corrected chi connectivity index (χ0v) is 8.39. The molecule has 0 saturated carbocycles. The van der Waals surface area contributed by atoms with E-state index in [2.05, 4.69) is 5.32 Å². The third-order valence-electron chi connectivity index (χ3n) is 1.59. The molecular formula is C9H9N3OS. The predicted molar refractivity (Wildman–Crippen MR) is 58.1 cm³/mol. The van der Waals surface area contributed by atoms with Crippen molar-refractivity contribution in [3.63, 3.8) is 0 Å². The van der Waals surface area contributed by atoms with E-state index in [-0.39, 0.29) is 5.11 Å². The molecular weight excluding hydrogens is 198 g/mol. The number of nitriles is 1. The van der Waals surface area contributed by atoms with Crippen molar-refractivity contribution in [2.75, 3.05) is 12.4 Å². The standard InChI is InChI=1S/C9H9N3OS/c1-13-8-3-2-6(5-10)4-7(8)12-9(11)14/h2-4H,1H3,(H3,11,12,14). The second-order valence-corrected chi connectivity index (χ2v) is 2.96. The molecule has 0 fully saturated rings. The van der Waals surface area contributed by atoms with Crippen LogP contribution >= 0.6 is 12.2 Å². The SMILES string of the molecule is COc1ccc(C#N)cc1NC(N)=S. The lowest BCUT2D eigenvalue weighted by Crippen LogP contribution is -2.19. The highest BCUT2D eigenvalue weighted by atomic mass is 32.1. The van der Waals surface area contributed by atoms with Crippen LogP contribution in [0, 0.1) is 11.3 Å². The normalized spacial score (nSPS) is 8.86. The van der Waals surface area contributed by atoms with Crippen molar-refractivity contribution in [3.05, 3.63) is 23.8 Å². The monoisotopic (exact) mass is 207 g/mol. The summed E-state index contributed by atoms with van der Waals surface area (Å²) in [5.41, 5.74) is 6.44. The molecule has 0 aliphatic rings. The van der Waals surface area contributed by atoms with Gasteiger partial charge in [-0.05, 0) is 30.4 Å². The van der Waals surface area contributed by atoms with Crippen molar-refractivity contribution in [2.24, 2.45) is 5.73 Å². The van der Waals surface area contributed by atoms with Gasteiger partial charge >= 0.3 is 0 Å². The number of rotatable bonds is 2. The van der Waals surface area contributed by atoms with E-state index in [1.165, 1.54) is 7.11 Å². The highest BCUT2D eigenvalue weighted by molar-refractivity contribution is 7.80. The molecule has 0 spiro atoms. The Bertz CT molecular complexity index is 398. The zero-order valence-electron chi connectivity index (χ0n) is 7.57. The largest absolute Gasteiger partial charge is 0.495 e. The lowest BCUT2D eigenvalue weighted by atomic mass is 10.2. The third-order valence-corrected chi connectivity index (χ3v) is 1.69. The van der Waals surface area contributed by atoms with E-state index >= 15 is 0 Å². The third kappa shape index (κ3) is 2.34. The van der Waals surface area contributed by atoms with E-state index in [0.29, 0.717) is 17.0 Å². The van der Waals surface area contributed by atoms with Gasteiger partial charge in [0.1, 0.15) is 5.75 Å². The number of thiocarbonyl (C=S) groups is 1. The molecule has 3 N–H and O–H groups in total. The molecule has 0 unspecified atom stereocenters. The van der Waals surface area contributed by atoms with Crippen molar-refractivity contribution in [2.45, 2.75) is 0 Å². The number of hydrogen-bond acceptors (Lipinski definition) is 3. The Morgan fingerprint density at radius 3 is 2.86 bits per heavy atom. The zero-order chi connectivity index (χ0) is 10.6. The van der Waals surface area contributed by atoms with Crippen molar-refractivity contribution >= 4 is 23.0 Å². The Labute approximate surface area is 87.3 Å². The number of nitrogens with one attached hydrogen (secondary N) is 1. The van der Waals surface area contributed by atoms with Gasteiger partial charge in [-0.1, -0.05) is 0 Å². The molecule has 0 bridgehead atoms. The summed E-state index contributed by atoms with van der Waals surface area (Å²) in [4.78, 5) is 0. The molecule has 0 heterocycles. The molecule has 1 aromatic rings. The van der Waals surface area contributed by atoms with Gasteiger partial charge in [-0.2, -0.15) is 5.26 Å². The molecule has 0 aliphatic heterocycles. The van der Waals surface area contributed by atoms with Crippen LogP contribution in [0.1, 0.15) is 5.56 Å². The number of nitrogens with two attached hydrogens (primary N) is 1. The van der Waals surface area contributed by atoms with Crippen molar-refractivity contribution < 1.29 is 4.74 Å². The Balaban J connectivity index is 3.09. The van der Waals surface area contributed by atoms with Crippen LogP contribution in [-0.2, 0) is 0 Å². The quantitative estimate of drug-likeness (QED) is 0.713. The van der Waals surface area contributed by atoms with Gasteiger partial charge < -0.3 is 15.8 Å². The molecule has 0 saturated heterocycles. The summed E-state index contributed by atoms with van der Waals surface area (Å²) in [5.74, 6) is 0.594. The maximum Gasteiger partial charge on any atom is 0.168 e. The van der Waals surface area contributed by atoms with Crippen LogP contribution in [0.15, 0.2) is 18.2 Å².